The zero-order valence-electron chi connectivity index (χ0n) is 11.1. The van der Waals surface area contributed by atoms with E-state index in [0.29, 0.717) is 18.8 Å². The Balaban J connectivity index is 2.16. The number of hydrogen-bond acceptors (Lipinski definition) is 4. The monoisotopic (exact) mass is 256 g/mol. The summed E-state index contributed by atoms with van der Waals surface area (Å²) in [6.45, 7) is 4.90. The van der Waals surface area contributed by atoms with Crippen LogP contribution in [0.2, 0.25) is 0 Å². The maximum absolute atomic E-state index is 12.3. The van der Waals surface area contributed by atoms with Gasteiger partial charge in [0.2, 0.25) is 0 Å². The van der Waals surface area contributed by atoms with E-state index in [2.05, 4.69) is 15.0 Å². The van der Waals surface area contributed by atoms with Crippen molar-refractivity contribution in [3.8, 4) is 0 Å². The first-order valence-electron chi connectivity index (χ1n) is 6.17. The lowest BCUT2D eigenvalue weighted by Crippen LogP contribution is -2.31. The number of hydrogen-bond donors (Lipinski definition) is 0. The van der Waals surface area contributed by atoms with Crippen LogP contribution in [0.4, 0.5) is 0 Å². The van der Waals surface area contributed by atoms with Crippen molar-refractivity contribution in [2.45, 2.75) is 20.4 Å². The van der Waals surface area contributed by atoms with Gasteiger partial charge in [-0.05, 0) is 25.5 Å². The number of aryl methyl sites for hydroxylation is 1. The van der Waals surface area contributed by atoms with Gasteiger partial charge in [0.25, 0.3) is 5.91 Å². The number of carbonyl (C=O) groups is 1. The van der Waals surface area contributed by atoms with Gasteiger partial charge in [0.15, 0.2) is 0 Å². The van der Waals surface area contributed by atoms with Gasteiger partial charge in [0, 0.05) is 31.7 Å². The van der Waals surface area contributed by atoms with Gasteiger partial charge >= 0.3 is 0 Å². The van der Waals surface area contributed by atoms with Gasteiger partial charge < -0.3 is 4.90 Å². The smallest absolute Gasteiger partial charge is 0.274 e. The molecule has 98 valence electrons. The molecule has 0 aliphatic rings. The summed E-state index contributed by atoms with van der Waals surface area (Å²) in [5, 5.41) is 0. The molecule has 2 heterocycles. The van der Waals surface area contributed by atoms with Gasteiger partial charge in [-0.1, -0.05) is 6.07 Å². The minimum absolute atomic E-state index is 0.109. The molecule has 0 saturated heterocycles. The van der Waals surface area contributed by atoms with E-state index in [1.807, 2.05) is 26.0 Å². The highest BCUT2D eigenvalue weighted by atomic mass is 16.2. The third kappa shape index (κ3) is 3.34. The summed E-state index contributed by atoms with van der Waals surface area (Å²) < 4.78 is 0. The summed E-state index contributed by atoms with van der Waals surface area (Å²) in [6, 6.07) is 3.81. The first-order valence-corrected chi connectivity index (χ1v) is 6.17. The molecule has 0 aromatic carbocycles. The standard InChI is InChI=1S/C14H16N4O/c1-3-18(10-12-5-4-6-15-8-12)14(19)13-9-16-7-11(2)17-13/h4-9H,3,10H2,1-2H3. The van der Waals surface area contributed by atoms with Crippen LogP contribution in [-0.2, 0) is 6.54 Å². The lowest BCUT2D eigenvalue weighted by Gasteiger charge is -2.20. The van der Waals surface area contributed by atoms with Crippen LogP contribution < -0.4 is 0 Å². The lowest BCUT2D eigenvalue weighted by atomic mass is 10.2. The Bertz CT molecular complexity index is 556. The van der Waals surface area contributed by atoms with Crippen LogP contribution in [0.15, 0.2) is 36.9 Å². The van der Waals surface area contributed by atoms with Crippen LogP contribution in [0.1, 0.15) is 28.7 Å². The van der Waals surface area contributed by atoms with Crippen molar-refractivity contribution in [1.29, 1.82) is 0 Å². The zero-order valence-corrected chi connectivity index (χ0v) is 11.1. The van der Waals surface area contributed by atoms with Crippen molar-refractivity contribution in [3.05, 3.63) is 53.9 Å². The Morgan fingerprint density at radius 3 is 2.74 bits per heavy atom. The molecular formula is C14H16N4O. The van der Waals surface area contributed by atoms with Crippen molar-refractivity contribution < 1.29 is 4.79 Å². The fourth-order valence-electron chi connectivity index (χ4n) is 1.77. The summed E-state index contributed by atoms with van der Waals surface area (Å²) in [6.07, 6.45) is 6.61. The molecule has 0 unspecified atom stereocenters. The lowest BCUT2D eigenvalue weighted by molar-refractivity contribution is 0.0746. The maximum atomic E-state index is 12.3. The maximum Gasteiger partial charge on any atom is 0.274 e. The summed E-state index contributed by atoms with van der Waals surface area (Å²) in [4.78, 5) is 26.3. The van der Waals surface area contributed by atoms with E-state index < -0.39 is 0 Å². The van der Waals surface area contributed by atoms with Gasteiger partial charge in [-0.2, -0.15) is 0 Å². The van der Waals surface area contributed by atoms with Gasteiger partial charge in [-0.15, -0.1) is 0 Å². The first-order chi connectivity index (χ1) is 9.20. The molecule has 0 radical (unpaired) electrons. The SMILES string of the molecule is CCN(Cc1cccnc1)C(=O)c1cncc(C)n1. The Morgan fingerprint density at radius 1 is 1.26 bits per heavy atom. The molecule has 0 aliphatic heterocycles. The molecule has 5 nitrogen and oxygen atoms in total. The van der Waals surface area contributed by atoms with E-state index in [1.54, 1.807) is 23.5 Å². The van der Waals surface area contributed by atoms with E-state index in [-0.39, 0.29) is 5.91 Å². The predicted octanol–water partition coefficient (Wildman–Crippen LogP) is 1.84. The van der Waals surface area contributed by atoms with Crippen molar-refractivity contribution in [2.75, 3.05) is 6.54 Å². The number of nitrogens with zero attached hydrogens (tertiary/aromatic N) is 4. The minimum Gasteiger partial charge on any atom is -0.333 e. The molecule has 2 rings (SSSR count). The van der Waals surface area contributed by atoms with E-state index in [0.717, 1.165) is 11.3 Å². The van der Waals surface area contributed by atoms with E-state index in [1.165, 1.54) is 6.20 Å². The van der Waals surface area contributed by atoms with E-state index in [4.69, 9.17) is 0 Å². The molecular weight excluding hydrogens is 240 g/mol. The number of pyridine rings is 1. The molecule has 0 saturated carbocycles. The highest BCUT2D eigenvalue weighted by Crippen LogP contribution is 2.07. The van der Waals surface area contributed by atoms with Crippen molar-refractivity contribution in [2.24, 2.45) is 0 Å². The molecule has 2 aromatic rings. The number of carbonyl (C=O) groups excluding carboxylic acids is 1. The van der Waals surface area contributed by atoms with Crippen molar-refractivity contribution in [3.63, 3.8) is 0 Å². The molecule has 0 aliphatic carbocycles. The van der Waals surface area contributed by atoms with E-state index in [9.17, 15) is 4.79 Å². The van der Waals surface area contributed by atoms with Crippen LogP contribution in [0.3, 0.4) is 0 Å². The summed E-state index contributed by atoms with van der Waals surface area (Å²) >= 11 is 0. The molecule has 0 spiro atoms. The molecule has 19 heavy (non-hydrogen) atoms. The highest BCUT2D eigenvalue weighted by molar-refractivity contribution is 5.92. The molecule has 0 N–H and O–H groups in total. The molecule has 0 fully saturated rings. The molecule has 2 aromatic heterocycles. The third-order valence-corrected chi connectivity index (χ3v) is 2.74. The van der Waals surface area contributed by atoms with Crippen molar-refractivity contribution >= 4 is 5.91 Å². The van der Waals surface area contributed by atoms with Crippen LogP contribution in [0.5, 0.6) is 0 Å². The van der Waals surface area contributed by atoms with Gasteiger partial charge in [0.1, 0.15) is 5.69 Å². The summed E-state index contributed by atoms with van der Waals surface area (Å²) in [5.74, 6) is -0.109. The Kier molecular flexibility index (Phi) is 4.18. The normalized spacial score (nSPS) is 10.2. The average molecular weight is 256 g/mol. The van der Waals surface area contributed by atoms with Crippen LogP contribution in [0, 0.1) is 6.92 Å². The van der Waals surface area contributed by atoms with Gasteiger partial charge in [-0.3, -0.25) is 14.8 Å². The molecule has 0 atom stereocenters. The highest BCUT2D eigenvalue weighted by Gasteiger charge is 2.16. The van der Waals surface area contributed by atoms with Crippen LogP contribution in [-0.4, -0.2) is 32.3 Å². The topological polar surface area (TPSA) is 59.0 Å². The van der Waals surface area contributed by atoms with Gasteiger partial charge in [0.05, 0.1) is 11.9 Å². The number of aromatic nitrogens is 3. The molecule has 0 bridgehead atoms. The molecule has 1 amide bonds. The first kappa shape index (κ1) is 13.1. The average Bonchev–Trinajstić information content (AvgIpc) is 2.45. The Morgan fingerprint density at radius 2 is 2.11 bits per heavy atom. The zero-order chi connectivity index (χ0) is 13.7. The Hall–Kier alpha value is -2.30. The summed E-state index contributed by atoms with van der Waals surface area (Å²) in [5.41, 5.74) is 2.12. The quantitative estimate of drug-likeness (QED) is 0.837. The van der Waals surface area contributed by atoms with Crippen molar-refractivity contribution in [1.82, 2.24) is 19.9 Å². The number of rotatable bonds is 4. The van der Waals surface area contributed by atoms with Crippen LogP contribution in [0.25, 0.3) is 0 Å². The fraction of sp³-hybridized carbons (Fsp3) is 0.286. The van der Waals surface area contributed by atoms with E-state index >= 15 is 0 Å². The minimum atomic E-state index is -0.109. The fourth-order valence-corrected chi connectivity index (χ4v) is 1.77. The molecule has 5 heteroatoms. The van der Waals surface area contributed by atoms with Crippen LogP contribution >= 0.6 is 0 Å². The number of amides is 1. The second-order valence-electron chi connectivity index (χ2n) is 4.23. The Labute approximate surface area is 112 Å². The van der Waals surface area contributed by atoms with Gasteiger partial charge in [-0.25, -0.2) is 4.98 Å². The summed E-state index contributed by atoms with van der Waals surface area (Å²) in [7, 11) is 0. The second kappa shape index (κ2) is 6.04. The predicted molar refractivity (Wildman–Crippen MR) is 71.4 cm³/mol. The third-order valence-electron chi connectivity index (χ3n) is 2.74. The second-order valence-corrected chi connectivity index (χ2v) is 4.23. The largest absolute Gasteiger partial charge is 0.333 e.